The Morgan fingerprint density at radius 2 is 2.00 bits per heavy atom. The average molecular weight is 245 g/mol. The van der Waals surface area contributed by atoms with E-state index in [2.05, 4.69) is 57.4 Å². The summed E-state index contributed by atoms with van der Waals surface area (Å²) in [4.78, 5) is 4.82. The number of nitrogens with zero attached hydrogens (tertiary/aromatic N) is 2. The van der Waals surface area contributed by atoms with Crippen LogP contribution in [-0.2, 0) is 5.41 Å². The van der Waals surface area contributed by atoms with Crippen LogP contribution < -0.4 is 5.73 Å². The van der Waals surface area contributed by atoms with Crippen molar-refractivity contribution in [3.8, 4) is 0 Å². The van der Waals surface area contributed by atoms with Crippen LogP contribution in [0.4, 0.5) is 0 Å². The summed E-state index contributed by atoms with van der Waals surface area (Å²) in [6.07, 6.45) is 0. The van der Waals surface area contributed by atoms with Crippen molar-refractivity contribution in [1.29, 1.82) is 0 Å². The van der Waals surface area contributed by atoms with Crippen molar-refractivity contribution in [2.24, 2.45) is 5.73 Å². The molecule has 0 aliphatic carbocycles. The van der Waals surface area contributed by atoms with E-state index in [9.17, 15) is 0 Å². The molecule has 2 rings (SSSR count). The Labute approximate surface area is 109 Å². The van der Waals surface area contributed by atoms with Gasteiger partial charge in [0.25, 0.3) is 0 Å². The fourth-order valence-corrected chi connectivity index (χ4v) is 2.30. The lowest BCUT2D eigenvalue weighted by Crippen LogP contribution is -2.32. The highest BCUT2D eigenvalue weighted by Gasteiger charge is 2.27. The van der Waals surface area contributed by atoms with Gasteiger partial charge >= 0.3 is 0 Å². The topological polar surface area (TPSA) is 43.8 Å². The van der Waals surface area contributed by atoms with E-state index < -0.39 is 0 Å². The molecule has 18 heavy (non-hydrogen) atoms. The predicted molar refractivity (Wildman–Crippen MR) is 76.9 cm³/mol. The first-order valence-electron chi connectivity index (χ1n) is 6.56. The molecule has 1 aromatic heterocycles. The molecule has 0 aliphatic rings. The maximum atomic E-state index is 5.91. The molecule has 2 aromatic rings. The summed E-state index contributed by atoms with van der Waals surface area (Å²) in [5.74, 6) is 1.08. The summed E-state index contributed by atoms with van der Waals surface area (Å²) in [6.45, 7) is 11.4. The summed E-state index contributed by atoms with van der Waals surface area (Å²) < 4.78 is 2.31. The molecule has 0 bridgehead atoms. The zero-order chi connectivity index (χ0) is 13.5. The summed E-state index contributed by atoms with van der Waals surface area (Å²) in [5.41, 5.74) is 9.32. The molecule has 1 aromatic carbocycles. The number of hydrogen-bond donors (Lipinski definition) is 1. The van der Waals surface area contributed by atoms with Crippen molar-refractivity contribution >= 4 is 11.0 Å². The van der Waals surface area contributed by atoms with Crippen molar-refractivity contribution in [2.75, 3.05) is 6.54 Å². The van der Waals surface area contributed by atoms with Gasteiger partial charge in [-0.1, -0.05) is 19.9 Å². The molecule has 0 spiro atoms. The molecule has 3 heteroatoms. The number of benzene rings is 1. The lowest BCUT2D eigenvalue weighted by atomic mass is 9.92. The third-order valence-electron chi connectivity index (χ3n) is 3.48. The molecule has 0 aliphatic heterocycles. The van der Waals surface area contributed by atoms with Gasteiger partial charge in [-0.25, -0.2) is 4.98 Å². The number of nitrogens with two attached hydrogens (primary N) is 1. The molecule has 0 saturated heterocycles. The monoisotopic (exact) mass is 245 g/mol. The van der Waals surface area contributed by atoms with E-state index in [0.717, 1.165) is 11.3 Å². The van der Waals surface area contributed by atoms with Crippen LogP contribution in [0.3, 0.4) is 0 Å². The minimum atomic E-state index is -0.100. The van der Waals surface area contributed by atoms with Crippen LogP contribution in [0.5, 0.6) is 0 Å². The van der Waals surface area contributed by atoms with Gasteiger partial charge in [-0.05, 0) is 38.5 Å². The lowest BCUT2D eigenvalue weighted by Gasteiger charge is -2.25. The molecule has 0 atom stereocenters. The first-order valence-corrected chi connectivity index (χ1v) is 6.56. The normalized spacial score (nSPS) is 12.6. The van der Waals surface area contributed by atoms with Crippen molar-refractivity contribution in [3.63, 3.8) is 0 Å². The van der Waals surface area contributed by atoms with Gasteiger partial charge in [0.2, 0.25) is 0 Å². The Kier molecular flexibility index (Phi) is 3.20. The van der Waals surface area contributed by atoms with Gasteiger partial charge in [-0.15, -0.1) is 0 Å². The summed E-state index contributed by atoms with van der Waals surface area (Å²) in [7, 11) is 0. The van der Waals surface area contributed by atoms with Gasteiger partial charge < -0.3 is 10.3 Å². The Balaban J connectivity index is 2.77. The van der Waals surface area contributed by atoms with Gasteiger partial charge in [0.15, 0.2) is 0 Å². The maximum Gasteiger partial charge on any atom is 0.117 e. The Morgan fingerprint density at radius 1 is 1.33 bits per heavy atom. The smallest absolute Gasteiger partial charge is 0.117 e. The Morgan fingerprint density at radius 3 is 2.56 bits per heavy atom. The van der Waals surface area contributed by atoms with Crippen LogP contribution in [0.15, 0.2) is 18.2 Å². The predicted octanol–water partition coefficient (Wildman–Crippen LogP) is 3.16. The minimum Gasteiger partial charge on any atom is -0.329 e. The number of fused-ring (bicyclic) bond motifs is 1. The van der Waals surface area contributed by atoms with E-state index in [4.69, 9.17) is 10.7 Å². The standard InChI is InChI=1S/C15H23N3/c1-10(2)18-13-7-6-11(3)8-12(13)17-14(18)15(4,5)9-16/h6-8,10H,9,16H2,1-5H3. The van der Waals surface area contributed by atoms with Crippen molar-refractivity contribution in [3.05, 3.63) is 29.6 Å². The van der Waals surface area contributed by atoms with E-state index in [1.165, 1.54) is 11.1 Å². The van der Waals surface area contributed by atoms with E-state index >= 15 is 0 Å². The third kappa shape index (κ3) is 2.03. The SMILES string of the molecule is Cc1ccc2c(c1)nc(C(C)(C)CN)n2C(C)C. The third-order valence-corrected chi connectivity index (χ3v) is 3.48. The van der Waals surface area contributed by atoms with Crippen LogP contribution in [0.2, 0.25) is 0 Å². The van der Waals surface area contributed by atoms with E-state index in [0.29, 0.717) is 12.6 Å². The average Bonchev–Trinajstić information content (AvgIpc) is 2.68. The zero-order valence-electron chi connectivity index (χ0n) is 12.0. The largest absolute Gasteiger partial charge is 0.329 e. The van der Waals surface area contributed by atoms with Crippen LogP contribution in [0, 0.1) is 6.92 Å². The number of imidazole rings is 1. The number of aryl methyl sites for hydroxylation is 1. The van der Waals surface area contributed by atoms with Crippen LogP contribution in [0.25, 0.3) is 11.0 Å². The van der Waals surface area contributed by atoms with E-state index in [1.807, 2.05) is 0 Å². The molecule has 0 amide bonds. The summed E-state index contributed by atoms with van der Waals surface area (Å²) in [6, 6.07) is 6.83. The van der Waals surface area contributed by atoms with Gasteiger partial charge in [-0.2, -0.15) is 0 Å². The highest BCUT2D eigenvalue weighted by molar-refractivity contribution is 5.77. The fraction of sp³-hybridized carbons (Fsp3) is 0.533. The zero-order valence-corrected chi connectivity index (χ0v) is 12.0. The minimum absolute atomic E-state index is 0.100. The molecular formula is C15H23N3. The van der Waals surface area contributed by atoms with Crippen molar-refractivity contribution in [1.82, 2.24) is 9.55 Å². The number of rotatable bonds is 3. The van der Waals surface area contributed by atoms with Gasteiger partial charge in [-0.3, -0.25) is 0 Å². The second-order valence-electron chi connectivity index (χ2n) is 5.98. The van der Waals surface area contributed by atoms with Crippen molar-refractivity contribution < 1.29 is 0 Å². The first kappa shape index (κ1) is 13.1. The van der Waals surface area contributed by atoms with Gasteiger partial charge in [0.05, 0.1) is 11.0 Å². The Hall–Kier alpha value is -1.35. The van der Waals surface area contributed by atoms with Gasteiger partial charge in [0.1, 0.15) is 5.82 Å². The highest BCUT2D eigenvalue weighted by atomic mass is 15.1. The molecule has 3 nitrogen and oxygen atoms in total. The first-order chi connectivity index (χ1) is 8.36. The van der Waals surface area contributed by atoms with E-state index in [-0.39, 0.29) is 5.41 Å². The van der Waals surface area contributed by atoms with Crippen LogP contribution in [-0.4, -0.2) is 16.1 Å². The fourth-order valence-electron chi connectivity index (χ4n) is 2.30. The summed E-state index contributed by atoms with van der Waals surface area (Å²) in [5, 5.41) is 0. The second kappa shape index (κ2) is 4.39. The highest BCUT2D eigenvalue weighted by Crippen LogP contribution is 2.29. The molecular weight excluding hydrogens is 222 g/mol. The van der Waals surface area contributed by atoms with Crippen LogP contribution in [0.1, 0.15) is 45.1 Å². The second-order valence-corrected chi connectivity index (χ2v) is 5.98. The molecule has 2 N–H and O–H groups in total. The molecule has 1 heterocycles. The summed E-state index contributed by atoms with van der Waals surface area (Å²) >= 11 is 0. The van der Waals surface area contributed by atoms with Gasteiger partial charge in [0, 0.05) is 18.0 Å². The van der Waals surface area contributed by atoms with Crippen LogP contribution >= 0.6 is 0 Å². The van der Waals surface area contributed by atoms with Crippen molar-refractivity contribution in [2.45, 2.75) is 46.1 Å². The number of aromatic nitrogens is 2. The molecule has 0 saturated carbocycles. The quantitative estimate of drug-likeness (QED) is 0.902. The van der Waals surface area contributed by atoms with E-state index in [1.54, 1.807) is 0 Å². The number of hydrogen-bond acceptors (Lipinski definition) is 2. The molecule has 0 fully saturated rings. The maximum absolute atomic E-state index is 5.91. The molecule has 98 valence electrons. The Bertz CT molecular complexity index is 564. The molecule has 0 radical (unpaired) electrons. The lowest BCUT2D eigenvalue weighted by molar-refractivity contribution is 0.451. The molecule has 0 unspecified atom stereocenters.